The summed E-state index contributed by atoms with van der Waals surface area (Å²) in [6.45, 7) is 1.05. The topological polar surface area (TPSA) is 29.5 Å². The summed E-state index contributed by atoms with van der Waals surface area (Å²) in [4.78, 5) is 14.8. The predicted molar refractivity (Wildman–Crippen MR) is 160 cm³/mol. The number of ether oxygens (including phenoxy) is 1. The van der Waals surface area contributed by atoms with Gasteiger partial charge in [0.15, 0.2) is 0 Å². The monoisotopic (exact) mass is 635 g/mol. The fourth-order valence-electron chi connectivity index (χ4n) is 8.98. The molecule has 4 aromatic rings. The zero-order valence-corrected chi connectivity index (χ0v) is 24.9. The number of carbonyl (C=O) groups excluding carboxylic acids is 1. The van der Waals surface area contributed by atoms with Gasteiger partial charge in [-0.1, -0.05) is 66.7 Å². The van der Waals surface area contributed by atoms with E-state index < -0.39 is 34.9 Å². The van der Waals surface area contributed by atoms with Crippen LogP contribution in [0, 0.1) is 11.3 Å². The molecule has 8 rings (SSSR count). The average Bonchev–Trinajstić information content (AvgIpc) is 3.59. The number of hydrogen-bond acceptors (Lipinski definition) is 3. The summed E-state index contributed by atoms with van der Waals surface area (Å²) >= 11 is 0. The van der Waals surface area contributed by atoms with E-state index in [4.69, 9.17) is 4.74 Å². The molecule has 238 valence electrons. The van der Waals surface area contributed by atoms with Crippen molar-refractivity contribution in [2.24, 2.45) is 11.3 Å². The zero-order valence-electron chi connectivity index (χ0n) is 24.9. The molecule has 3 nitrogen and oxygen atoms in total. The van der Waals surface area contributed by atoms with Gasteiger partial charge in [-0.25, -0.2) is 4.79 Å². The van der Waals surface area contributed by atoms with Gasteiger partial charge >= 0.3 is 18.3 Å². The SMILES string of the molecule is COC(=O)c1cccc(C23CC4(C2)[C@H](CN(Cc2ccc(C(F)(F)F)cc2)[C@@H]4c2ccccc2)C3c2ccc(C(F)(F)F)cc2)c1. The zero-order chi connectivity index (χ0) is 32.5. The van der Waals surface area contributed by atoms with Gasteiger partial charge in [0.05, 0.1) is 23.8 Å². The third kappa shape index (κ3) is 4.82. The molecule has 0 radical (unpaired) electrons. The molecule has 1 spiro atoms. The molecule has 0 N–H and O–H groups in total. The Labute approximate surface area is 262 Å². The molecule has 3 saturated carbocycles. The van der Waals surface area contributed by atoms with Crippen LogP contribution >= 0.6 is 0 Å². The van der Waals surface area contributed by atoms with Crippen molar-refractivity contribution in [3.05, 3.63) is 142 Å². The average molecular weight is 636 g/mol. The highest BCUT2D eigenvalue weighted by atomic mass is 19.4. The molecule has 3 atom stereocenters. The van der Waals surface area contributed by atoms with Crippen molar-refractivity contribution >= 4 is 5.97 Å². The van der Waals surface area contributed by atoms with E-state index in [1.165, 1.54) is 19.2 Å². The highest BCUT2D eigenvalue weighted by molar-refractivity contribution is 5.89. The van der Waals surface area contributed by atoms with Crippen LogP contribution in [0.4, 0.5) is 26.3 Å². The Bertz CT molecular complexity index is 1740. The van der Waals surface area contributed by atoms with Crippen molar-refractivity contribution in [3.8, 4) is 0 Å². The van der Waals surface area contributed by atoms with Crippen LogP contribution in [0.2, 0.25) is 0 Å². The van der Waals surface area contributed by atoms with Gasteiger partial charge < -0.3 is 4.74 Å². The molecular weight excluding hydrogens is 604 g/mol. The molecule has 3 aliphatic carbocycles. The van der Waals surface area contributed by atoms with Gasteiger partial charge in [-0.2, -0.15) is 26.3 Å². The highest BCUT2D eigenvalue weighted by Crippen LogP contribution is 2.82. The van der Waals surface area contributed by atoms with Gasteiger partial charge in [-0.3, -0.25) is 4.90 Å². The standard InChI is InChI=1S/C37H31F6NO2/c1-46-33(45)26-8-5-9-29(18-26)34-21-35(22-34)30(31(34)24-12-16-28(17-13-24)37(41,42)43)20-44(32(35)25-6-3-2-4-7-25)19-23-10-14-27(15-11-23)36(38,39)40/h2-18,30-32H,19-22H2,1H3/t30-,31?,32-,34?,35?/m1/s1. The van der Waals surface area contributed by atoms with Crippen LogP contribution in [0.15, 0.2) is 103 Å². The second-order valence-corrected chi connectivity index (χ2v) is 13.0. The molecule has 0 amide bonds. The molecule has 1 unspecified atom stereocenters. The van der Waals surface area contributed by atoms with Gasteiger partial charge in [-0.05, 0) is 88.7 Å². The molecule has 46 heavy (non-hydrogen) atoms. The first-order valence-corrected chi connectivity index (χ1v) is 15.2. The Morgan fingerprint density at radius 3 is 1.98 bits per heavy atom. The van der Waals surface area contributed by atoms with Crippen LogP contribution in [-0.4, -0.2) is 24.5 Å². The summed E-state index contributed by atoms with van der Waals surface area (Å²) in [6, 6.07) is 28.1. The Kier molecular flexibility index (Phi) is 7.12. The Hall–Kier alpha value is -4.11. The predicted octanol–water partition coefficient (Wildman–Crippen LogP) is 9.20. The Morgan fingerprint density at radius 1 is 0.783 bits per heavy atom. The van der Waals surface area contributed by atoms with Crippen molar-refractivity contribution in [1.82, 2.24) is 4.90 Å². The van der Waals surface area contributed by atoms with Crippen LogP contribution in [0.3, 0.4) is 0 Å². The van der Waals surface area contributed by atoms with Gasteiger partial charge in [0.2, 0.25) is 0 Å². The molecule has 2 bridgehead atoms. The quantitative estimate of drug-likeness (QED) is 0.156. The van der Waals surface area contributed by atoms with E-state index in [0.717, 1.165) is 59.4 Å². The maximum Gasteiger partial charge on any atom is 0.416 e. The molecule has 4 fully saturated rings. The second kappa shape index (κ2) is 10.7. The van der Waals surface area contributed by atoms with Crippen LogP contribution in [0.1, 0.15) is 68.5 Å². The third-order valence-electron chi connectivity index (χ3n) is 10.6. The largest absolute Gasteiger partial charge is 0.465 e. The number of methoxy groups -OCH3 is 1. The highest BCUT2D eigenvalue weighted by Gasteiger charge is 2.77. The van der Waals surface area contributed by atoms with Crippen molar-refractivity contribution in [1.29, 1.82) is 0 Å². The van der Waals surface area contributed by atoms with E-state index in [0.29, 0.717) is 18.7 Å². The fourth-order valence-corrected chi connectivity index (χ4v) is 8.98. The van der Waals surface area contributed by atoms with Gasteiger partial charge in [-0.15, -0.1) is 0 Å². The smallest absolute Gasteiger partial charge is 0.416 e. The van der Waals surface area contributed by atoms with Gasteiger partial charge in [0.1, 0.15) is 0 Å². The second-order valence-electron chi connectivity index (χ2n) is 13.0. The van der Waals surface area contributed by atoms with Gasteiger partial charge in [0.25, 0.3) is 0 Å². The summed E-state index contributed by atoms with van der Waals surface area (Å²) in [7, 11) is 1.33. The van der Waals surface area contributed by atoms with Crippen LogP contribution < -0.4 is 0 Å². The van der Waals surface area contributed by atoms with Crippen LogP contribution in [0.5, 0.6) is 0 Å². The Balaban J connectivity index is 1.32. The van der Waals surface area contributed by atoms with E-state index >= 15 is 0 Å². The van der Waals surface area contributed by atoms with E-state index in [9.17, 15) is 31.1 Å². The minimum atomic E-state index is -4.46. The molecule has 4 aromatic carbocycles. The van der Waals surface area contributed by atoms with E-state index in [1.54, 1.807) is 18.2 Å². The van der Waals surface area contributed by atoms with Crippen LogP contribution in [0.25, 0.3) is 0 Å². The number of rotatable bonds is 6. The number of nitrogens with zero attached hydrogens (tertiary/aromatic N) is 1. The van der Waals surface area contributed by atoms with Crippen LogP contribution in [-0.2, 0) is 29.0 Å². The van der Waals surface area contributed by atoms with Crippen molar-refractivity contribution in [2.75, 3.05) is 13.7 Å². The lowest BCUT2D eigenvalue weighted by Gasteiger charge is -2.53. The molecule has 9 heteroatoms. The number of carbonyl (C=O) groups is 1. The summed E-state index contributed by atoms with van der Waals surface area (Å²) in [5, 5.41) is 0. The normalized spacial score (nSPS) is 27.2. The summed E-state index contributed by atoms with van der Waals surface area (Å²) in [6.07, 6.45) is -7.38. The summed E-state index contributed by atoms with van der Waals surface area (Å²) < 4.78 is 85.5. The summed E-state index contributed by atoms with van der Waals surface area (Å²) in [5.74, 6) is -0.557. The lowest BCUT2D eigenvalue weighted by molar-refractivity contribution is -0.138. The van der Waals surface area contributed by atoms with Gasteiger partial charge in [0, 0.05) is 24.5 Å². The molecule has 0 aromatic heterocycles. The maximum atomic E-state index is 13.6. The maximum absolute atomic E-state index is 13.6. The minimum Gasteiger partial charge on any atom is -0.465 e. The van der Waals surface area contributed by atoms with E-state index in [1.807, 2.05) is 36.4 Å². The number of halogens is 6. The lowest BCUT2D eigenvalue weighted by atomic mass is 9.52. The first kappa shape index (κ1) is 30.5. The Morgan fingerprint density at radius 2 is 1.39 bits per heavy atom. The first-order valence-electron chi connectivity index (χ1n) is 15.2. The molecule has 1 saturated heterocycles. The number of alkyl halides is 6. The van der Waals surface area contributed by atoms with E-state index in [2.05, 4.69) is 17.0 Å². The first-order chi connectivity index (χ1) is 21.9. The number of likely N-dealkylation sites (tertiary alicyclic amines) is 1. The van der Waals surface area contributed by atoms with Crippen molar-refractivity contribution in [3.63, 3.8) is 0 Å². The number of esters is 1. The lowest BCUT2D eigenvalue weighted by Crippen LogP contribution is -2.47. The molecular formula is C37H31F6NO2. The summed E-state index contributed by atoms with van der Waals surface area (Å²) in [5.41, 5.74) is 1.98. The van der Waals surface area contributed by atoms with E-state index in [-0.39, 0.29) is 23.3 Å². The molecule has 4 aliphatic rings. The fraction of sp³-hybridized carbons (Fsp3) is 0.324. The molecule has 1 heterocycles. The third-order valence-corrected chi connectivity index (χ3v) is 10.6. The van der Waals surface area contributed by atoms with Crippen molar-refractivity contribution < 1.29 is 35.9 Å². The number of hydrogen-bond donors (Lipinski definition) is 0. The minimum absolute atomic E-state index is 0.0469. The van der Waals surface area contributed by atoms with Crippen molar-refractivity contribution in [2.45, 2.75) is 49.1 Å². The number of benzene rings is 4. The molecule has 1 aliphatic heterocycles.